The molecule has 0 aromatic heterocycles. The lowest BCUT2D eigenvalue weighted by Gasteiger charge is -2.29. The number of aliphatic imine (C=N–C) groups is 1. The van der Waals surface area contributed by atoms with Gasteiger partial charge in [0.05, 0.1) is 0 Å². The van der Waals surface area contributed by atoms with Crippen LogP contribution in [0.5, 0.6) is 0 Å². The summed E-state index contributed by atoms with van der Waals surface area (Å²) in [4.78, 5) is 5.50. The van der Waals surface area contributed by atoms with Gasteiger partial charge in [0.15, 0.2) is 0 Å². The van der Waals surface area contributed by atoms with Crippen molar-refractivity contribution < 1.29 is 0 Å². The Bertz CT molecular complexity index is 201. The smallest absolute Gasteiger partial charge is 0.220 e. The van der Waals surface area contributed by atoms with E-state index in [0.29, 0.717) is 18.8 Å². The van der Waals surface area contributed by atoms with Crippen LogP contribution in [0.25, 0.3) is 0 Å². The average Bonchev–Trinajstić information content (AvgIpc) is 1.85. The largest absolute Gasteiger partial charge is 0.387 e. The van der Waals surface area contributed by atoms with Gasteiger partial charge in [0.2, 0.25) is 5.96 Å². The first kappa shape index (κ1) is 8.33. The van der Waals surface area contributed by atoms with Crippen molar-refractivity contribution in [3.05, 3.63) is 0 Å². The van der Waals surface area contributed by atoms with Crippen LogP contribution in [0.1, 0.15) is 13.3 Å². The highest BCUT2D eigenvalue weighted by atomic mass is 35.5. The summed E-state index contributed by atoms with van der Waals surface area (Å²) < 4.78 is 0. The Morgan fingerprint density at radius 3 is 3.00 bits per heavy atom. The Morgan fingerprint density at radius 2 is 2.55 bits per heavy atom. The van der Waals surface area contributed by atoms with Crippen LogP contribution in [0.15, 0.2) is 4.99 Å². The molecule has 1 rings (SSSR count). The molecule has 1 atom stereocenters. The lowest BCUT2D eigenvalue weighted by Crippen LogP contribution is -2.42. The molecular formula is C6H11ClN4. The Hall–Kier alpha value is -0.770. The molecule has 0 spiro atoms. The summed E-state index contributed by atoms with van der Waals surface area (Å²) in [5, 5.41) is 7.38. The van der Waals surface area contributed by atoms with Crippen molar-refractivity contribution in [2.75, 3.05) is 6.54 Å². The number of hydrogen-bond acceptors (Lipinski definition) is 2. The molecule has 1 aliphatic heterocycles. The van der Waals surface area contributed by atoms with E-state index in [2.05, 4.69) is 4.99 Å². The van der Waals surface area contributed by atoms with E-state index in [4.69, 9.17) is 22.7 Å². The Kier molecular flexibility index (Phi) is 2.34. The fourth-order valence-corrected chi connectivity index (χ4v) is 1.40. The van der Waals surface area contributed by atoms with Crippen LogP contribution >= 0.6 is 11.6 Å². The van der Waals surface area contributed by atoms with Gasteiger partial charge in [-0.25, -0.2) is 4.99 Å². The zero-order chi connectivity index (χ0) is 8.43. The molecule has 1 unspecified atom stereocenters. The quantitative estimate of drug-likeness (QED) is 0.451. The Labute approximate surface area is 70.5 Å². The molecule has 0 saturated carbocycles. The van der Waals surface area contributed by atoms with E-state index < -0.39 is 0 Å². The van der Waals surface area contributed by atoms with Crippen molar-refractivity contribution in [1.82, 2.24) is 4.90 Å². The van der Waals surface area contributed by atoms with Gasteiger partial charge in [0.25, 0.3) is 0 Å². The molecule has 0 fully saturated rings. The number of amidine groups is 1. The minimum atomic E-state index is -0.204. The molecule has 0 bridgehead atoms. The van der Waals surface area contributed by atoms with Crippen molar-refractivity contribution in [2.45, 2.75) is 18.8 Å². The first-order chi connectivity index (χ1) is 5.15. The Morgan fingerprint density at radius 1 is 1.91 bits per heavy atom. The molecule has 0 saturated heterocycles. The number of nitrogens with two attached hydrogens (primary N) is 1. The second-order valence-electron chi connectivity index (χ2n) is 2.35. The number of nitrogens with one attached hydrogen (secondary N) is 1. The zero-order valence-electron chi connectivity index (χ0n) is 6.34. The van der Waals surface area contributed by atoms with Crippen LogP contribution in [-0.4, -0.2) is 28.7 Å². The van der Waals surface area contributed by atoms with Gasteiger partial charge in [0, 0.05) is 13.0 Å². The number of nitrogens with zero attached hydrogens (tertiary/aromatic N) is 2. The maximum absolute atomic E-state index is 7.38. The first-order valence-corrected chi connectivity index (χ1v) is 3.91. The van der Waals surface area contributed by atoms with Gasteiger partial charge in [0.1, 0.15) is 11.3 Å². The van der Waals surface area contributed by atoms with E-state index in [0.717, 1.165) is 0 Å². The van der Waals surface area contributed by atoms with Gasteiger partial charge in [-0.1, -0.05) is 11.6 Å². The average molecular weight is 175 g/mol. The summed E-state index contributed by atoms with van der Waals surface area (Å²) in [7, 11) is 0. The third kappa shape index (κ3) is 1.63. The number of hydrogen-bond donors (Lipinski definition) is 2. The van der Waals surface area contributed by atoms with Gasteiger partial charge in [-0.2, -0.15) is 0 Å². The van der Waals surface area contributed by atoms with E-state index in [9.17, 15) is 0 Å². The molecule has 1 heterocycles. The summed E-state index contributed by atoms with van der Waals surface area (Å²) in [5.41, 5.74) is 5.23. The summed E-state index contributed by atoms with van der Waals surface area (Å²) in [6.07, 6.45) is 0.539. The standard InChI is InChI=1S/C6H11ClN4/c1-2-11-4(7)3-5(8)10-6(11)9/h4H,2-3H2,1H3,(H3,8,9,10). The fraction of sp³-hybridized carbons (Fsp3) is 0.667. The first-order valence-electron chi connectivity index (χ1n) is 3.47. The molecule has 0 radical (unpaired) electrons. The SMILES string of the molecule is CCN1C(=N)N=C(N)CC1Cl. The number of halogens is 1. The van der Waals surface area contributed by atoms with E-state index in [1.807, 2.05) is 6.92 Å². The van der Waals surface area contributed by atoms with Crippen LogP contribution in [0.4, 0.5) is 0 Å². The van der Waals surface area contributed by atoms with Crippen LogP contribution in [0.2, 0.25) is 0 Å². The second kappa shape index (κ2) is 3.09. The number of rotatable bonds is 1. The van der Waals surface area contributed by atoms with Crippen LogP contribution in [0.3, 0.4) is 0 Å². The van der Waals surface area contributed by atoms with Crippen molar-refractivity contribution in [1.29, 1.82) is 5.41 Å². The molecule has 1 aliphatic rings. The van der Waals surface area contributed by atoms with Gasteiger partial charge in [-0.05, 0) is 6.92 Å². The maximum atomic E-state index is 7.38. The van der Waals surface area contributed by atoms with Crippen LogP contribution in [0, 0.1) is 5.41 Å². The molecule has 5 heteroatoms. The maximum Gasteiger partial charge on any atom is 0.220 e. The van der Waals surface area contributed by atoms with E-state index in [1.54, 1.807) is 4.90 Å². The van der Waals surface area contributed by atoms with Crippen molar-refractivity contribution in [2.24, 2.45) is 10.7 Å². The van der Waals surface area contributed by atoms with Crippen molar-refractivity contribution in [3.8, 4) is 0 Å². The molecule has 0 amide bonds. The third-order valence-corrected chi connectivity index (χ3v) is 1.97. The minimum absolute atomic E-state index is 0.163. The predicted octanol–water partition coefficient (Wildman–Crippen LogP) is 0.569. The van der Waals surface area contributed by atoms with Gasteiger partial charge in [-0.3, -0.25) is 5.41 Å². The second-order valence-corrected chi connectivity index (χ2v) is 2.86. The molecule has 62 valence electrons. The lowest BCUT2D eigenvalue weighted by atomic mass is 10.3. The Balaban J connectivity index is 2.77. The van der Waals surface area contributed by atoms with E-state index >= 15 is 0 Å². The monoisotopic (exact) mass is 174 g/mol. The van der Waals surface area contributed by atoms with E-state index in [-0.39, 0.29) is 11.5 Å². The number of alkyl halides is 1. The van der Waals surface area contributed by atoms with Gasteiger partial charge < -0.3 is 10.6 Å². The molecule has 0 aromatic rings. The zero-order valence-corrected chi connectivity index (χ0v) is 7.10. The predicted molar refractivity (Wildman–Crippen MR) is 46.0 cm³/mol. The normalized spacial score (nSPS) is 25.3. The summed E-state index contributed by atoms with van der Waals surface area (Å²) >= 11 is 5.90. The molecule has 4 nitrogen and oxygen atoms in total. The third-order valence-electron chi connectivity index (χ3n) is 1.58. The highest BCUT2D eigenvalue weighted by molar-refractivity contribution is 6.23. The van der Waals surface area contributed by atoms with Gasteiger partial charge in [-0.15, -0.1) is 0 Å². The molecule has 3 N–H and O–H groups in total. The van der Waals surface area contributed by atoms with E-state index in [1.165, 1.54) is 0 Å². The molecule has 0 aromatic carbocycles. The molecular weight excluding hydrogens is 164 g/mol. The lowest BCUT2D eigenvalue weighted by molar-refractivity contribution is 0.399. The highest BCUT2D eigenvalue weighted by Crippen LogP contribution is 2.14. The summed E-state index contributed by atoms with van der Waals surface area (Å²) in [5.74, 6) is 0.607. The van der Waals surface area contributed by atoms with Crippen molar-refractivity contribution in [3.63, 3.8) is 0 Å². The minimum Gasteiger partial charge on any atom is -0.387 e. The topological polar surface area (TPSA) is 65.5 Å². The summed E-state index contributed by atoms with van der Waals surface area (Å²) in [6, 6.07) is 0. The van der Waals surface area contributed by atoms with Gasteiger partial charge >= 0.3 is 0 Å². The highest BCUT2D eigenvalue weighted by Gasteiger charge is 2.22. The number of guanidine groups is 1. The fourth-order valence-electron chi connectivity index (χ4n) is 1.01. The molecule has 0 aliphatic carbocycles. The van der Waals surface area contributed by atoms with Crippen LogP contribution < -0.4 is 5.73 Å². The summed E-state index contributed by atoms with van der Waals surface area (Å²) in [6.45, 7) is 2.63. The van der Waals surface area contributed by atoms with Crippen LogP contribution in [-0.2, 0) is 0 Å². The van der Waals surface area contributed by atoms with Crippen molar-refractivity contribution >= 4 is 23.4 Å². The molecule has 11 heavy (non-hydrogen) atoms.